The minimum atomic E-state index is -0.619. The highest BCUT2D eigenvalue weighted by molar-refractivity contribution is 6.02. The van der Waals surface area contributed by atoms with Crippen molar-refractivity contribution in [1.29, 1.82) is 0 Å². The zero-order chi connectivity index (χ0) is 21.0. The van der Waals surface area contributed by atoms with E-state index in [0.29, 0.717) is 6.54 Å². The Morgan fingerprint density at radius 1 is 1.38 bits per heavy atom. The van der Waals surface area contributed by atoms with Crippen LogP contribution in [0.1, 0.15) is 21.6 Å². The molecule has 146 valence electrons. The first-order chi connectivity index (χ1) is 14.0. The summed E-state index contributed by atoms with van der Waals surface area (Å²) in [7, 11) is 1.38. The fraction of sp³-hybridized carbons (Fsp3) is 0.143. The number of nitrogens with zero attached hydrogens (tertiary/aromatic N) is 3. The van der Waals surface area contributed by atoms with E-state index in [4.69, 9.17) is 11.2 Å². The van der Waals surface area contributed by atoms with Crippen molar-refractivity contribution in [2.75, 3.05) is 7.11 Å². The van der Waals surface area contributed by atoms with Crippen LogP contribution in [-0.4, -0.2) is 28.7 Å². The number of fused-ring (bicyclic) bond motifs is 1. The van der Waals surface area contributed by atoms with Gasteiger partial charge in [-0.1, -0.05) is 24.1 Å². The lowest BCUT2D eigenvalue weighted by atomic mass is 10.1. The molecule has 0 atom stereocenters. The molecule has 1 aromatic heterocycles. The fourth-order valence-electron chi connectivity index (χ4n) is 3.12. The summed E-state index contributed by atoms with van der Waals surface area (Å²) >= 11 is 0. The van der Waals surface area contributed by atoms with Crippen molar-refractivity contribution in [1.82, 2.24) is 9.99 Å². The van der Waals surface area contributed by atoms with E-state index in [1.54, 1.807) is 0 Å². The first kappa shape index (κ1) is 19.6. The number of carbonyl (C=O) groups excluding carboxylic acids is 1. The van der Waals surface area contributed by atoms with Gasteiger partial charge in [-0.3, -0.25) is 14.9 Å². The predicted octanol–water partition coefficient (Wildman–Crippen LogP) is 3.26. The van der Waals surface area contributed by atoms with E-state index in [2.05, 4.69) is 16.4 Å². The lowest BCUT2D eigenvalue weighted by Crippen LogP contribution is -2.18. The van der Waals surface area contributed by atoms with Crippen LogP contribution in [0.25, 0.3) is 10.9 Å². The summed E-state index contributed by atoms with van der Waals surface area (Å²) in [6.07, 6.45) is 7.01. The van der Waals surface area contributed by atoms with Crippen LogP contribution >= 0.6 is 0 Å². The van der Waals surface area contributed by atoms with Crippen LogP contribution in [0.4, 0.5) is 5.69 Å². The number of nitro groups is 1. The van der Waals surface area contributed by atoms with Crippen LogP contribution in [0.2, 0.25) is 0 Å². The summed E-state index contributed by atoms with van der Waals surface area (Å²) in [6.45, 7) is 2.33. The van der Waals surface area contributed by atoms with E-state index in [-0.39, 0.29) is 17.0 Å². The average molecular weight is 390 g/mol. The number of amides is 1. The molecule has 1 amide bonds. The number of nitrogens with one attached hydrogen (secondary N) is 1. The number of carbonyl (C=O) groups is 1. The summed E-state index contributed by atoms with van der Waals surface area (Å²) in [5, 5.41) is 16.0. The molecule has 3 aromatic rings. The number of methoxy groups -OCH3 is 1. The maximum atomic E-state index is 12.5. The number of hydrazone groups is 1. The normalized spacial score (nSPS) is 10.8. The zero-order valence-electron chi connectivity index (χ0n) is 15.9. The van der Waals surface area contributed by atoms with Gasteiger partial charge in [0.1, 0.15) is 5.75 Å². The molecule has 0 unspecified atom stereocenters. The highest BCUT2D eigenvalue weighted by Gasteiger charge is 2.17. The Balaban J connectivity index is 1.90. The van der Waals surface area contributed by atoms with Crippen LogP contribution in [0, 0.1) is 29.4 Å². The second kappa shape index (κ2) is 8.27. The van der Waals surface area contributed by atoms with E-state index in [1.807, 2.05) is 35.8 Å². The van der Waals surface area contributed by atoms with E-state index in [9.17, 15) is 14.9 Å². The van der Waals surface area contributed by atoms with Crippen LogP contribution in [0.15, 0.2) is 47.6 Å². The van der Waals surface area contributed by atoms with Gasteiger partial charge in [0.2, 0.25) is 0 Å². The van der Waals surface area contributed by atoms with Gasteiger partial charge in [0.05, 0.1) is 30.4 Å². The molecular formula is C21H18N4O4. The van der Waals surface area contributed by atoms with Crippen LogP contribution in [0.5, 0.6) is 5.75 Å². The van der Waals surface area contributed by atoms with Gasteiger partial charge in [-0.25, -0.2) is 5.43 Å². The summed E-state index contributed by atoms with van der Waals surface area (Å²) in [6, 6.07) is 11.5. The minimum Gasteiger partial charge on any atom is -0.496 e. The van der Waals surface area contributed by atoms with Crippen molar-refractivity contribution in [2.45, 2.75) is 13.5 Å². The van der Waals surface area contributed by atoms with Gasteiger partial charge in [0.25, 0.3) is 11.6 Å². The molecule has 0 radical (unpaired) electrons. The monoisotopic (exact) mass is 390 g/mol. The molecule has 8 heteroatoms. The molecule has 0 fully saturated rings. The molecule has 0 aliphatic rings. The molecule has 0 saturated heterocycles. The van der Waals surface area contributed by atoms with Gasteiger partial charge in [0, 0.05) is 34.3 Å². The zero-order valence-corrected chi connectivity index (χ0v) is 15.9. The molecule has 3 rings (SSSR count). The highest BCUT2D eigenvalue weighted by atomic mass is 16.6. The summed E-state index contributed by atoms with van der Waals surface area (Å²) in [4.78, 5) is 22.9. The average Bonchev–Trinajstić information content (AvgIpc) is 2.99. The van der Waals surface area contributed by atoms with Crippen LogP contribution in [-0.2, 0) is 6.54 Å². The van der Waals surface area contributed by atoms with E-state index in [0.717, 1.165) is 28.2 Å². The lowest BCUT2D eigenvalue weighted by Gasteiger charge is -2.06. The molecule has 0 saturated carbocycles. The first-order valence-corrected chi connectivity index (χ1v) is 8.65. The quantitative estimate of drug-likeness (QED) is 0.302. The van der Waals surface area contributed by atoms with Gasteiger partial charge >= 0.3 is 0 Å². The predicted molar refractivity (Wildman–Crippen MR) is 110 cm³/mol. The molecule has 0 bridgehead atoms. The van der Waals surface area contributed by atoms with Crippen molar-refractivity contribution in [3.05, 3.63) is 69.4 Å². The van der Waals surface area contributed by atoms with Gasteiger partial charge in [0.15, 0.2) is 0 Å². The molecule has 1 heterocycles. The SMILES string of the molecule is C#CCn1c(C)c(/C=N\NC(=O)c2cc([N+](=O)[O-])ccc2OC)c2ccccc21. The van der Waals surface area contributed by atoms with Crippen LogP contribution in [0.3, 0.4) is 0 Å². The van der Waals surface area contributed by atoms with Gasteiger partial charge < -0.3 is 9.30 Å². The second-order valence-electron chi connectivity index (χ2n) is 6.15. The Hall–Kier alpha value is -4.12. The van der Waals surface area contributed by atoms with Gasteiger partial charge in [-0.05, 0) is 19.1 Å². The number of rotatable bonds is 6. The molecular weight excluding hydrogens is 372 g/mol. The number of hydrogen-bond donors (Lipinski definition) is 1. The maximum absolute atomic E-state index is 12.5. The largest absolute Gasteiger partial charge is 0.496 e. The van der Waals surface area contributed by atoms with Crippen molar-refractivity contribution in [3.8, 4) is 18.1 Å². The molecule has 29 heavy (non-hydrogen) atoms. The number of benzene rings is 2. The first-order valence-electron chi connectivity index (χ1n) is 8.65. The third-order valence-corrected chi connectivity index (χ3v) is 4.53. The van der Waals surface area contributed by atoms with Gasteiger partial charge in [-0.2, -0.15) is 5.10 Å². The van der Waals surface area contributed by atoms with E-state index >= 15 is 0 Å². The summed E-state index contributed by atoms with van der Waals surface area (Å²) in [5.74, 6) is 2.23. The smallest absolute Gasteiger partial charge is 0.275 e. The third-order valence-electron chi connectivity index (χ3n) is 4.53. The fourth-order valence-corrected chi connectivity index (χ4v) is 3.12. The number of non-ortho nitro benzene ring substituents is 1. The van der Waals surface area contributed by atoms with E-state index < -0.39 is 10.8 Å². The van der Waals surface area contributed by atoms with Crippen LogP contribution < -0.4 is 10.2 Å². The number of aromatic nitrogens is 1. The Labute approximate surface area is 166 Å². The van der Waals surface area contributed by atoms with Gasteiger partial charge in [-0.15, -0.1) is 6.42 Å². The Bertz CT molecular complexity index is 1170. The number of hydrogen-bond acceptors (Lipinski definition) is 5. The highest BCUT2D eigenvalue weighted by Crippen LogP contribution is 2.25. The number of ether oxygens (including phenoxy) is 1. The topological polar surface area (TPSA) is 98.8 Å². The summed E-state index contributed by atoms with van der Waals surface area (Å²) in [5.41, 5.74) is 4.91. The molecule has 0 aliphatic carbocycles. The Kier molecular flexibility index (Phi) is 5.60. The number of nitro benzene ring substituents is 1. The Morgan fingerprint density at radius 3 is 2.83 bits per heavy atom. The standard InChI is InChI=1S/C21H18N4O4/c1-4-11-24-14(2)18(16-7-5-6-8-19(16)24)13-22-23-21(26)17-12-15(25(27)28)9-10-20(17)29-3/h1,5-10,12-13H,11H2,2-3H3,(H,23,26)/b22-13-. The second-order valence-corrected chi connectivity index (χ2v) is 6.15. The molecule has 0 aliphatic heterocycles. The molecule has 2 aromatic carbocycles. The van der Waals surface area contributed by atoms with Crippen molar-refractivity contribution >= 4 is 28.7 Å². The Morgan fingerprint density at radius 2 is 2.14 bits per heavy atom. The van der Waals surface area contributed by atoms with Crippen molar-refractivity contribution in [2.24, 2.45) is 5.10 Å². The number of terminal acetylenes is 1. The molecule has 8 nitrogen and oxygen atoms in total. The number of para-hydroxylation sites is 1. The van der Waals surface area contributed by atoms with E-state index in [1.165, 1.54) is 25.5 Å². The molecule has 0 spiro atoms. The summed E-state index contributed by atoms with van der Waals surface area (Å²) < 4.78 is 7.10. The minimum absolute atomic E-state index is 0.0188. The van der Waals surface area contributed by atoms with Crippen molar-refractivity contribution < 1.29 is 14.5 Å². The molecule has 1 N–H and O–H groups in total. The maximum Gasteiger partial charge on any atom is 0.275 e. The lowest BCUT2D eigenvalue weighted by molar-refractivity contribution is -0.384. The van der Waals surface area contributed by atoms with Crippen molar-refractivity contribution in [3.63, 3.8) is 0 Å². The third kappa shape index (κ3) is 3.80.